The maximum absolute atomic E-state index is 15.0. The van der Waals surface area contributed by atoms with Crippen molar-refractivity contribution in [1.29, 1.82) is 0 Å². The van der Waals surface area contributed by atoms with Crippen molar-refractivity contribution in [3.63, 3.8) is 0 Å². The number of hydrogen-bond donors (Lipinski definition) is 2. The molecule has 2 saturated heterocycles. The SMILES string of the molecule is COc1cc([C@H]2C3=CC[C@@H]4C(=O)N(O)C(=O)[C@@H]4[C@@H]3C[C@@]3(Cl)C(=O)N(c4c(F)c(F)c(F)c(F)c4F)C(=O)[C@@]23Cl)cc(Cl)c1O. The number of fused-ring (bicyclic) bond motifs is 4. The number of alkyl halides is 2. The summed E-state index contributed by atoms with van der Waals surface area (Å²) in [7, 11) is 1.15. The van der Waals surface area contributed by atoms with Crippen LogP contribution in [-0.2, 0) is 19.2 Å². The van der Waals surface area contributed by atoms with E-state index >= 15 is 8.78 Å². The number of benzene rings is 2. The van der Waals surface area contributed by atoms with Gasteiger partial charge in [0.25, 0.3) is 23.6 Å². The zero-order valence-corrected chi connectivity index (χ0v) is 24.1. The number of rotatable bonds is 3. The molecule has 2 N–H and O–H groups in total. The van der Waals surface area contributed by atoms with Crippen molar-refractivity contribution in [2.45, 2.75) is 28.5 Å². The summed E-state index contributed by atoms with van der Waals surface area (Å²) in [4.78, 5) is 48.0. The molecule has 9 nitrogen and oxygen atoms in total. The van der Waals surface area contributed by atoms with Crippen LogP contribution in [0, 0.1) is 46.8 Å². The fraction of sp³-hybridized carbons (Fsp3) is 0.333. The fourth-order valence-electron chi connectivity index (χ4n) is 6.84. The number of methoxy groups -OCH3 is 1. The third-order valence-electron chi connectivity index (χ3n) is 8.80. The lowest BCUT2D eigenvalue weighted by Gasteiger charge is -2.50. The number of hydrogen-bond acceptors (Lipinski definition) is 7. The molecular formula is C27H16Cl3F5N2O7. The first-order valence-electron chi connectivity index (χ1n) is 12.7. The Balaban J connectivity index is 1.64. The van der Waals surface area contributed by atoms with Gasteiger partial charge >= 0.3 is 0 Å². The zero-order valence-electron chi connectivity index (χ0n) is 21.8. The Labute approximate surface area is 258 Å². The van der Waals surface area contributed by atoms with E-state index in [9.17, 15) is 42.7 Å². The number of allylic oxidation sites excluding steroid dienone is 2. The van der Waals surface area contributed by atoms with E-state index in [1.807, 2.05) is 0 Å². The summed E-state index contributed by atoms with van der Waals surface area (Å²) in [6.45, 7) is 0. The normalized spacial score (nSPS) is 31.3. The van der Waals surface area contributed by atoms with Gasteiger partial charge in [-0.15, -0.1) is 23.2 Å². The highest BCUT2D eigenvalue weighted by atomic mass is 35.5. The molecule has 6 rings (SSSR count). The van der Waals surface area contributed by atoms with E-state index in [0.717, 1.165) is 19.2 Å². The van der Waals surface area contributed by atoms with E-state index in [2.05, 4.69) is 0 Å². The molecule has 0 bridgehead atoms. The predicted molar refractivity (Wildman–Crippen MR) is 140 cm³/mol. The number of anilines is 1. The fourth-order valence-corrected chi connectivity index (χ4v) is 7.99. The highest BCUT2D eigenvalue weighted by Crippen LogP contribution is 2.66. The van der Waals surface area contributed by atoms with Gasteiger partial charge in [-0.25, -0.2) is 26.9 Å². The summed E-state index contributed by atoms with van der Waals surface area (Å²) in [5, 5.41) is 20.0. The minimum absolute atomic E-state index is 0.0721. The lowest BCUT2D eigenvalue weighted by molar-refractivity contribution is -0.173. The Bertz CT molecular complexity index is 1750. The molecule has 232 valence electrons. The molecule has 4 amide bonds. The van der Waals surface area contributed by atoms with Crippen LogP contribution < -0.4 is 9.64 Å². The molecule has 6 atom stereocenters. The maximum atomic E-state index is 15.0. The van der Waals surface area contributed by atoms with Crippen molar-refractivity contribution in [2.24, 2.45) is 17.8 Å². The van der Waals surface area contributed by atoms with Crippen LogP contribution in [0.4, 0.5) is 27.6 Å². The molecule has 17 heteroatoms. The van der Waals surface area contributed by atoms with Crippen LogP contribution in [0.25, 0.3) is 0 Å². The highest BCUT2D eigenvalue weighted by Gasteiger charge is 2.77. The van der Waals surface area contributed by atoms with Crippen molar-refractivity contribution < 1.29 is 56.2 Å². The number of aromatic hydroxyl groups is 1. The van der Waals surface area contributed by atoms with Gasteiger partial charge in [0.05, 0.1) is 24.0 Å². The van der Waals surface area contributed by atoms with Gasteiger partial charge in [-0.2, -0.15) is 5.06 Å². The molecular weight excluding hydrogens is 666 g/mol. The topological polar surface area (TPSA) is 124 Å². The lowest BCUT2D eigenvalue weighted by atomic mass is 9.56. The Morgan fingerprint density at radius 2 is 1.50 bits per heavy atom. The molecule has 0 unspecified atom stereocenters. The van der Waals surface area contributed by atoms with Crippen LogP contribution in [-0.4, -0.2) is 55.9 Å². The van der Waals surface area contributed by atoms with E-state index in [0.29, 0.717) is 0 Å². The Kier molecular flexibility index (Phi) is 6.78. The van der Waals surface area contributed by atoms with E-state index in [1.54, 1.807) is 0 Å². The molecule has 1 saturated carbocycles. The number of nitrogens with zero attached hydrogens (tertiary/aromatic N) is 2. The van der Waals surface area contributed by atoms with Crippen LogP contribution in [0.3, 0.4) is 0 Å². The third-order valence-corrected chi connectivity index (χ3v) is 10.5. The monoisotopic (exact) mass is 680 g/mol. The molecule has 0 aromatic heterocycles. The molecule has 2 aliphatic carbocycles. The Hall–Kier alpha value is -3.46. The summed E-state index contributed by atoms with van der Waals surface area (Å²) < 4.78 is 77.5. The van der Waals surface area contributed by atoms with Gasteiger partial charge in [-0.05, 0) is 36.5 Å². The second-order valence-corrected chi connectivity index (χ2v) is 12.4. The van der Waals surface area contributed by atoms with Crippen LogP contribution in [0.5, 0.6) is 11.5 Å². The summed E-state index contributed by atoms with van der Waals surface area (Å²) in [5.41, 5.74) is -1.87. The van der Waals surface area contributed by atoms with Crippen molar-refractivity contribution >= 4 is 64.1 Å². The number of phenols is 1. The number of carbonyl (C=O) groups is 4. The van der Waals surface area contributed by atoms with Crippen LogP contribution in [0.2, 0.25) is 5.02 Å². The smallest absolute Gasteiger partial charge is 0.258 e. The van der Waals surface area contributed by atoms with Crippen LogP contribution in [0.1, 0.15) is 24.3 Å². The Morgan fingerprint density at radius 3 is 2.09 bits per heavy atom. The van der Waals surface area contributed by atoms with Gasteiger partial charge in [0, 0.05) is 5.92 Å². The van der Waals surface area contributed by atoms with Crippen LogP contribution >= 0.6 is 34.8 Å². The molecule has 0 spiro atoms. The quantitative estimate of drug-likeness (QED) is 0.0916. The van der Waals surface area contributed by atoms with E-state index < -0.39 is 104 Å². The molecule has 4 aliphatic rings. The summed E-state index contributed by atoms with van der Waals surface area (Å²) in [6, 6.07) is 2.26. The Morgan fingerprint density at radius 1 is 0.909 bits per heavy atom. The number of hydroxylamine groups is 2. The average Bonchev–Trinajstić information content (AvgIpc) is 3.30. The van der Waals surface area contributed by atoms with Gasteiger partial charge in [-0.3, -0.25) is 24.4 Å². The van der Waals surface area contributed by atoms with Gasteiger partial charge in [0.2, 0.25) is 5.82 Å². The summed E-state index contributed by atoms with van der Waals surface area (Å²) in [6.07, 6.45) is 0.519. The van der Waals surface area contributed by atoms with Crippen molar-refractivity contribution in [3.8, 4) is 11.5 Å². The molecule has 2 aromatic carbocycles. The van der Waals surface area contributed by atoms with Crippen molar-refractivity contribution in [1.82, 2.24) is 5.06 Å². The molecule has 2 aromatic rings. The first-order valence-corrected chi connectivity index (χ1v) is 13.8. The minimum Gasteiger partial charge on any atom is -0.503 e. The van der Waals surface area contributed by atoms with Crippen molar-refractivity contribution in [3.05, 3.63) is 63.5 Å². The average molecular weight is 682 g/mol. The third kappa shape index (κ3) is 3.56. The predicted octanol–water partition coefficient (Wildman–Crippen LogP) is 4.70. The highest BCUT2D eigenvalue weighted by molar-refractivity contribution is 6.58. The van der Waals surface area contributed by atoms with Gasteiger partial charge in [0.1, 0.15) is 5.69 Å². The molecule has 2 aliphatic heterocycles. The zero-order chi connectivity index (χ0) is 32.4. The van der Waals surface area contributed by atoms with Crippen LogP contribution in [0.15, 0.2) is 23.8 Å². The second-order valence-electron chi connectivity index (χ2n) is 10.7. The standard InChI is InChI=1S/C27H16Cl3F5N2O7/c1-44-12-5-7(4-11(28)21(12)38)14-8-2-3-9-13(23(40)37(43)22(9)39)10(8)6-26(29)24(41)36(25(42)27(14,26)30)20-18(34)16(32)15(31)17(33)19(20)35/h2,4-5,9-10,13-14,38,43H,3,6H2,1H3/t9-,10+,13-,14-,26+,27-/m0/s1. The van der Waals surface area contributed by atoms with Gasteiger partial charge in [0.15, 0.2) is 44.5 Å². The lowest BCUT2D eigenvalue weighted by Crippen LogP contribution is -2.60. The summed E-state index contributed by atoms with van der Waals surface area (Å²) >= 11 is 20.1. The van der Waals surface area contributed by atoms with E-state index in [1.165, 1.54) is 6.08 Å². The number of amides is 4. The minimum atomic E-state index is -2.78. The first kappa shape index (κ1) is 30.6. The molecule has 2 heterocycles. The number of phenolic OH excluding ortho intramolecular Hbond substituents is 1. The van der Waals surface area contributed by atoms with Crippen molar-refractivity contribution in [2.75, 3.05) is 12.0 Å². The summed E-state index contributed by atoms with van der Waals surface area (Å²) in [5.74, 6) is -24.0. The van der Waals surface area contributed by atoms with Gasteiger partial charge in [-0.1, -0.05) is 23.3 Å². The molecule has 44 heavy (non-hydrogen) atoms. The number of imide groups is 2. The first-order chi connectivity index (χ1) is 20.5. The maximum Gasteiger partial charge on any atom is 0.258 e. The molecule has 3 fully saturated rings. The molecule has 0 radical (unpaired) electrons. The number of halogens is 8. The van der Waals surface area contributed by atoms with E-state index in [-0.39, 0.29) is 38.3 Å². The van der Waals surface area contributed by atoms with E-state index in [4.69, 9.17) is 39.5 Å². The largest absolute Gasteiger partial charge is 0.503 e. The second kappa shape index (κ2) is 9.77. The van der Waals surface area contributed by atoms with Gasteiger partial charge < -0.3 is 9.84 Å². The number of ether oxygens (including phenoxy) is 1. The number of carbonyl (C=O) groups excluding carboxylic acids is 4.